The quantitative estimate of drug-likeness (QED) is 0.533. The van der Waals surface area contributed by atoms with Crippen molar-refractivity contribution in [3.63, 3.8) is 0 Å². The van der Waals surface area contributed by atoms with Crippen LogP contribution in [-0.4, -0.2) is 17.9 Å². The number of amides is 1. The second kappa shape index (κ2) is 4.02. The minimum atomic E-state index is -0.158. The van der Waals surface area contributed by atoms with Crippen LogP contribution in [0.1, 0.15) is 30.4 Å². The third-order valence-electron chi connectivity index (χ3n) is 4.06. The van der Waals surface area contributed by atoms with Gasteiger partial charge in [-0.05, 0) is 36.8 Å². The fourth-order valence-electron chi connectivity index (χ4n) is 3.25. The first-order valence-electron chi connectivity index (χ1n) is 6.35. The standard InChI is InChI=1S/C15H17NO/c17-12-16-11-4-3-9-15(16)10-5-7-13-6-1-2-8-14(13)15/h1-3,6,8-9,12H,4-5,7,10-11H2/t15-/m0/s1. The first kappa shape index (κ1) is 10.6. The lowest BCUT2D eigenvalue weighted by atomic mass is 9.74. The monoisotopic (exact) mass is 227 g/mol. The molecule has 0 bridgehead atoms. The zero-order valence-corrected chi connectivity index (χ0v) is 9.93. The Bertz CT molecular complexity index is 466. The first-order valence-corrected chi connectivity index (χ1v) is 6.35. The van der Waals surface area contributed by atoms with Gasteiger partial charge in [-0.2, -0.15) is 0 Å². The molecule has 17 heavy (non-hydrogen) atoms. The average Bonchev–Trinajstić information content (AvgIpc) is 2.40. The molecule has 2 heteroatoms. The number of benzene rings is 1. The minimum absolute atomic E-state index is 0.158. The van der Waals surface area contributed by atoms with Gasteiger partial charge in [-0.25, -0.2) is 0 Å². The van der Waals surface area contributed by atoms with Crippen LogP contribution in [-0.2, 0) is 16.8 Å². The fraction of sp³-hybridized carbons (Fsp3) is 0.400. The Labute approximate surface area is 102 Å². The number of fused-ring (bicyclic) bond motifs is 2. The van der Waals surface area contributed by atoms with Crippen molar-refractivity contribution in [3.8, 4) is 0 Å². The van der Waals surface area contributed by atoms with Gasteiger partial charge in [0.1, 0.15) is 0 Å². The van der Waals surface area contributed by atoms with Crippen molar-refractivity contribution in [2.24, 2.45) is 0 Å². The van der Waals surface area contributed by atoms with E-state index >= 15 is 0 Å². The Morgan fingerprint density at radius 3 is 3.06 bits per heavy atom. The second-order valence-electron chi connectivity index (χ2n) is 4.92. The number of aryl methyl sites for hydroxylation is 1. The third-order valence-corrected chi connectivity index (χ3v) is 4.06. The maximum Gasteiger partial charge on any atom is 0.210 e. The van der Waals surface area contributed by atoms with Gasteiger partial charge in [-0.3, -0.25) is 4.79 Å². The molecule has 1 amide bonds. The molecule has 1 aliphatic heterocycles. The first-order chi connectivity index (χ1) is 8.37. The van der Waals surface area contributed by atoms with Crippen molar-refractivity contribution >= 4 is 6.41 Å². The summed E-state index contributed by atoms with van der Waals surface area (Å²) >= 11 is 0. The zero-order chi connectivity index (χ0) is 11.7. The lowest BCUT2D eigenvalue weighted by molar-refractivity contribution is -0.123. The van der Waals surface area contributed by atoms with Gasteiger partial charge in [0.05, 0.1) is 5.54 Å². The van der Waals surface area contributed by atoms with Crippen LogP contribution in [0.2, 0.25) is 0 Å². The van der Waals surface area contributed by atoms with E-state index in [2.05, 4.69) is 36.4 Å². The minimum Gasteiger partial charge on any atom is -0.332 e. The largest absolute Gasteiger partial charge is 0.332 e. The summed E-state index contributed by atoms with van der Waals surface area (Å²) < 4.78 is 0. The van der Waals surface area contributed by atoms with Crippen LogP contribution in [0.4, 0.5) is 0 Å². The number of carbonyl (C=O) groups is 1. The molecule has 0 saturated carbocycles. The molecule has 0 radical (unpaired) electrons. The smallest absolute Gasteiger partial charge is 0.210 e. The fourth-order valence-corrected chi connectivity index (χ4v) is 3.25. The van der Waals surface area contributed by atoms with Crippen molar-refractivity contribution in [1.82, 2.24) is 4.90 Å². The molecule has 1 spiro atoms. The predicted octanol–water partition coefficient (Wildman–Crippen LogP) is 2.64. The predicted molar refractivity (Wildman–Crippen MR) is 67.6 cm³/mol. The molecule has 1 aromatic carbocycles. The molecule has 2 aliphatic rings. The van der Waals surface area contributed by atoms with Gasteiger partial charge < -0.3 is 4.90 Å². The van der Waals surface area contributed by atoms with Gasteiger partial charge in [0.25, 0.3) is 0 Å². The van der Waals surface area contributed by atoms with Gasteiger partial charge in [-0.1, -0.05) is 36.4 Å². The molecule has 0 unspecified atom stereocenters. The summed E-state index contributed by atoms with van der Waals surface area (Å²) in [5, 5.41) is 0. The van der Waals surface area contributed by atoms with Crippen molar-refractivity contribution in [2.45, 2.75) is 31.2 Å². The summed E-state index contributed by atoms with van der Waals surface area (Å²) in [5.74, 6) is 0. The van der Waals surface area contributed by atoms with E-state index < -0.39 is 0 Å². The number of rotatable bonds is 1. The molecular weight excluding hydrogens is 210 g/mol. The van der Waals surface area contributed by atoms with Crippen molar-refractivity contribution in [2.75, 3.05) is 6.54 Å². The molecule has 0 saturated heterocycles. The summed E-state index contributed by atoms with van der Waals surface area (Å²) in [4.78, 5) is 13.3. The lowest BCUT2D eigenvalue weighted by Gasteiger charge is -2.46. The van der Waals surface area contributed by atoms with Gasteiger partial charge >= 0.3 is 0 Å². The molecular formula is C15H17NO. The normalized spacial score (nSPS) is 26.9. The summed E-state index contributed by atoms with van der Waals surface area (Å²) in [5.41, 5.74) is 2.57. The second-order valence-corrected chi connectivity index (χ2v) is 4.92. The van der Waals surface area contributed by atoms with E-state index in [-0.39, 0.29) is 5.54 Å². The Morgan fingerprint density at radius 1 is 1.29 bits per heavy atom. The van der Waals surface area contributed by atoms with E-state index in [1.54, 1.807) is 0 Å². The van der Waals surface area contributed by atoms with Crippen molar-refractivity contribution in [3.05, 3.63) is 47.5 Å². The molecule has 88 valence electrons. The highest BCUT2D eigenvalue weighted by atomic mass is 16.1. The highest BCUT2D eigenvalue weighted by molar-refractivity contribution is 5.55. The third kappa shape index (κ3) is 1.51. The topological polar surface area (TPSA) is 20.3 Å². The van der Waals surface area contributed by atoms with E-state index in [9.17, 15) is 4.79 Å². The zero-order valence-electron chi connectivity index (χ0n) is 9.93. The summed E-state index contributed by atoms with van der Waals surface area (Å²) in [6.45, 7) is 0.842. The molecule has 3 rings (SSSR count). The number of carbonyl (C=O) groups excluding carboxylic acids is 1. The van der Waals surface area contributed by atoms with Crippen LogP contribution in [0.3, 0.4) is 0 Å². The maximum absolute atomic E-state index is 11.3. The maximum atomic E-state index is 11.3. The molecule has 1 heterocycles. The van der Waals surface area contributed by atoms with Crippen LogP contribution in [0.25, 0.3) is 0 Å². The lowest BCUT2D eigenvalue weighted by Crippen LogP contribution is -2.48. The molecule has 1 aliphatic carbocycles. The van der Waals surface area contributed by atoms with Gasteiger partial charge in [0.2, 0.25) is 6.41 Å². The van der Waals surface area contributed by atoms with Crippen LogP contribution < -0.4 is 0 Å². The Morgan fingerprint density at radius 2 is 2.18 bits per heavy atom. The van der Waals surface area contributed by atoms with Crippen molar-refractivity contribution < 1.29 is 4.79 Å². The Hall–Kier alpha value is -1.57. The van der Waals surface area contributed by atoms with Crippen molar-refractivity contribution in [1.29, 1.82) is 0 Å². The number of nitrogens with zero attached hydrogens (tertiary/aromatic N) is 1. The SMILES string of the molecule is O=CN1CCC=C[C@@]12CCCc1ccccc12. The summed E-state index contributed by atoms with van der Waals surface area (Å²) in [7, 11) is 0. The van der Waals surface area contributed by atoms with E-state index in [4.69, 9.17) is 0 Å². The van der Waals surface area contributed by atoms with Crippen LogP contribution in [0.15, 0.2) is 36.4 Å². The molecule has 1 atom stereocenters. The van der Waals surface area contributed by atoms with Gasteiger partial charge in [-0.15, -0.1) is 0 Å². The van der Waals surface area contributed by atoms with E-state index in [1.807, 2.05) is 4.90 Å². The van der Waals surface area contributed by atoms with E-state index in [0.717, 1.165) is 38.6 Å². The van der Waals surface area contributed by atoms with Gasteiger partial charge in [0, 0.05) is 6.54 Å². The van der Waals surface area contributed by atoms with Crippen LogP contribution in [0.5, 0.6) is 0 Å². The molecule has 0 fully saturated rings. The number of hydrogen-bond acceptors (Lipinski definition) is 1. The Kier molecular flexibility index (Phi) is 2.50. The summed E-state index contributed by atoms with van der Waals surface area (Å²) in [6, 6.07) is 8.55. The molecule has 0 aromatic heterocycles. The highest BCUT2D eigenvalue weighted by Gasteiger charge is 2.40. The summed E-state index contributed by atoms with van der Waals surface area (Å²) in [6.07, 6.45) is 9.81. The molecule has 0 N–H and O–H groups in total. The van der Waals surface area contributed by atoms with Gasteiger partial charge in [0.15, 0.2) is 0 Å². The number of hydrogen-bond donors (Lipinski definition) is 0. The average molecular weight is 227 g/mol. The molecule has 2 nitrogen and oxygen atoms in total. The van der Waals surface area contributed by atoms with E-state index in [1.165, 1.54) is 11.1 Å². The molecule has 1 aromatic rings. The Balaban J connectivity index is 2.16. The van der Waals surface area contributed by atoms with Crippen LogP contribution >= 0.6 is 0 Å². The highest BCUT2D eigenvalue weighted by Crippen LogP contribution is 2.42. The van der Waals surface area contributed by atoms with E-state index in [0.29, 0.717) is 0 Å². The van der Waals surface area contributed by atoms with Crippen LogP contribution in [0, 0.1) is 0 Å².